The van der Waals surface area contributed by atoms with E-state index in [0.717, 1.165) is 11.1 Å². The molecular formula is C12H12O2. The molecule has 2 nitrogen and oxygen atoms in total. The third kappa shape index (κ3) is 1.70. The fourth-order valence-corrected chi connectivity index (χ4v) is 1.56. The average molecular weight is 188 g/mol. The summed E-state index contributed by atoms with van der Waals surface area (Å²) in [5, 5.41) is 9.31. The van der Waals surface area contributed by atoms with Gasteiger partial charge in [0.2, 0.25) is 0 Å². The van der Waals surface area contributed by atoms with E-state index in [1.54, 1.807) is 12.5 Å². The molecule has 0 aliphatic heterocycles. The maximum absolute atomic E-state index is 9.31. The Balaban J connectivity index is 2.31. The Morgan fingerprint density at radius 1 is 1.07 bits per heavy atom. The number of furan rings is 1. The first-order chi connectivity index (χ1) is 6.92. The summed E-state index contributed by atoms with van der Waals surface area (Å²) in [6.07, 6.45) is 3.30. The zero-order valence-electron chi connectivity index (χ0n) is 7.76. The largest absolute Gasteiger partial charge is 0.472 e. The second-order valence-corrected chi connectivity index (χ2v) is 3.20. The number of hydrogen-bond donors (Lipinski definition) is 1. The summed E-state index contributed by atoms with van der Waals surface area (Å²) in [4.78, 5) is 0. The summed E-state index contributed by atoms with van der Waals surface area (Å²) in [7, 11) is 0. The molecule has 2 rings (SSSR count). The number of rotatable bonds is 3. The van der Waals surface area contributed by atoms with E-state index in [1.807, 2.05) is 36.4 Å². The van der Waals surface area contributed by atoms with Gasteiger partial charge in [0.05, 0.1) is 19.1 Å². The van der Waals surface area contributed by atoms with Gasteiger partial charge in [-0.2, -0.15) is 0 Å². The molecule has 0 aliphatic rings. The summed E-state index contributed by atoms with van der Waals surface area (Å²) in [5.74, 6) is 0.0231. The fraction of sp³-hybridized carbons (Fsp3) is 0.167. The molecule has 1 aromatic heterocycles. The quantitative estimate of drug-likeness (QED) is 0.802. The summed E-state index contributed by atoms with van der Waals surface area (Å²) < 4.78 is 5.01. The van der Waals surface area contributed by atoms with Gasteiger partial charge in [-0.15, -0.1) is 0 Å². The van der Waals surface area contributed by atoms with Crippen molar-refractivity contribution in [3.05, 3.63) is 60.1 Å². The molecule has 0 aliphatic carbocycles. The zero-order chi connectivity index (χ0) is 9.80. The van der Waals surface area contributed by atoms with Crippen LogP contribution in [0.25, 0.3) is 0 Å². The number of benzene rings is 1. The molecule has 0 radical (unpaired) electrons. The lowest BCUT2D eigenvalue weighted by atomic mass is 9.94. The summed E-state index contributed by atoms with van der Waals surface area (Å²) >= 11 is 0. The molecule has 0 fully saturated rings. The molecule has 0 bridgehead atoms. The predicted molar refractivity (Wildman–Crippen MR) is 54.1 cm³/mol. The second kappa shape index (κ2) is 4.11. The first-order valence-electron chi connectivity index (χ1n) is 4.59. The molecule has 0 amide bonds. The SMILES string of the molecule is OCC(c1ccccc1)c1ccoc1. The highest BCUT2D eigenvalue weighted by molar-refractivity contribution is 5.30. The standard InChI is InChI=1S/C12H12O2/c13-8-12(11-6-7-14-9-11)10-4-2-1-3-5-10/h1-7,9,12-13H,8H2. The monoisotopic (exact) mass is 188 g/mol. The van der Waals surface area contributed by atoms with Gasteiger partial charge in [0, 0.05) is 11.5 Å². The van der Waals surface area contributed by atoms with Crippen LogP contribution in [0.2, 0.25) is 0 Å². The van der Waals surface area contributed by atoms with Gasteiger partial charge in [-0.25, -0.2) is 0 Å². The Hall–Kier alpha value is -1.54. The molecule has 2 heteroatoms. The van der Waals surface area contributed by atoms with Crippen LogP contribution in [0.15, 0.2) is 53.3 Å². The Kier molecular flexibility index (Phi) is 2.65. The van der Waals surface area contributed by atoms with E-state index in [-0.39, 0.29) is 12.5 Å². The Morgan fingerprint density at radius 2 is 1.86 bits per heavy atom. The van der Waals surface area contributed by atoms with Crippen molar-refractivity contribution in [2.45, 2.75) is 5.92 Å². The van der Waals surface area contributed by atoms with Crippen molar-refractivity contribution in [1.29, 1.82) is 0 Å². The fourth-order valence-electron chi connectivity index (χ4n) is 1.56. The van der Waals surface area contributed by atoms with Crippen molar-refractivity contribution in [3.63, 3.8) is 0 Å². The summed E-state index contributed by atoms with van der Waals surface area (Å²) in [6, 6.07) is 11.8. The van der Waals surface area contributed by atoms with Gasteiger partial charge in [-0.1, -0.05) is 30.3 Å². The summed E-state index contributed by atoms with van der Waals surface area (Å²) in [6.45, 7) is 0.101. The molecule has 1 atom stereocenters. The van der Waals surface area contributed by atoms with E-state index in [0.29, 0.717) is 0 Å². The van der Waals surface area contributed by atoms with Crippen molar-refractivity contribution in [3.8, 4) is 0 Å². The van der Waals surface area contributed by atoms with Crippen LogP contribution < -0.4 is 0 Å². The lowest BCUT2D eigenvalue weighted by molar-refractivity contribution is 0.280. The van der Waals surface area contributed by atoms with E-state index in [1.165, 1.54) is 0 Å². The van der Waals surface area contributed by atoms with Gasteiger partial charge in [0.15, 0.2) is 0 Å². The minimum absolute atomic E-state index is 0.0231. The molecule has 1 unspecified atom stereocenters. The normalized spacial score (nSPS) is 12.6. The molecule has 72 valence electrons. The maximum atomic E-state index is 9.31. The Labute approximate surface area is 82.8 Å². The summed E-state index contributed by atoms with van der Waals surface area (Å²) in [5.41, 5.74) is 2.12. The molecule has 1 aromatic carbocycles. The minimum atomic E-state index is 0.0231. The van der Waals surface area contributed by atoms with Gasteiger partial charge in [0.1, 0.15) is 0 Å². The van der Waals surface area contributed by atoms with Crippen molar-refractivity contribution < 1.29 is 9.52 Å². The van der Waals surface area contributed by atoms with E-state index >= 15 is 0 Å². The van der Waals surface area contributed by atoms with Gasteiger partial charge in [-0.05, 0) is 11.6 Å². The van der Waals surface area contributed by atoms with Crippen molar-refractivity contribution in [1.82, 2.24) is 0 Å². The zero-order valence-corrected chi connectivity index (χ0v) is 7.76. The van der Waals surface area contributed by atoms with E-state index in [4.69, 9.17) is 4.42 Å². The molecule has 14 heavy (non-hydrogen) atoms. The topological polar surface area (TPSA) is 33.4 Å². The third-order valence-electron chi connectivity index (χ3n) is 2.33. The van der Waals surface area contributed by atoms with Crippen LogP contribution in [0.4, 0.5) is 0 Å². The van der Waals surface area contributed by atoms with Crippen molar-refractivity contribution >= 4 is 0 Å². The molecule has 1 N–H and O–H groups in total. The van der Waals surface area contributed by atoms with Gasteiger partial charge in [0.25, 0.3) is 0 Å². The van der Waals surface area contributed by atoms with Crippen LogP contribution in [-0.4, -0.2) is 11.7 Å². The first-order valence-corrected chi connectivity index (χ1v) is 4.59. The van der Waals surface area contributed by atoms with E-state index in [9.17, 15) is 5.11 Å². The van der Waals surface area contributed by atoms with E-state index in [2.05, 4.69) is 0 Å². The Morgan fingerprint density at radius 3 is 2.43 bits per heavy atom. The predicted octanol–water partition coefficient (Wildman–Crippen LogP) is 2.40. The second-order valence-electron chi connectivity index (χ2n) is 3.20. The molecule has 0 saturated carbocycles. The van der Waals surface area contributed by atoms with Gasteiger partial charge in [-0.3, -0.25) is 0 Å². The Bertz CT molecular complexity index is 364. The van der Waals surface area contributed by atoms with Crippen LogP contribution in [0.5, 0.6) is 0 Å². The highest BCUT2D eigenvalue weighted by Crippen LogP contribution is 2.23. The van der Waals surface area contributed by atoms with Crippen LogP contribution in [-0.2, 0) is 0 Å². The number of aliphatic hydroxyl groups excluding tert-OH is 1. The van der Waals surface area contributed by atoms with Gasteiger partial charge < -0.3 is 9.52 Å². The smallest absolute Gasteiger partial charge is 0.0941 e. The van der Waals surface area contributed by atoms with Crippen LogP contribution in [0.1, 0.15) is 17.0 Å². The van der Waals surface area contributed by atoms with Crippen molar-refractivity contribution in [2.24, 2.45) is 0 Å². The molecule has 0 saturated heterocycles. The number of aliphatic hydroxyl groups is 1. The van der Waals surface area contributed by atoms with Crippen LogP contribution in [0, 0.1) is 0 Å². The number of hydrogen-bond acceptors (Lipinski definition) is 2. The lowest BCUT2D eigenvalue weighted by Crippen LogP contribution is -2.04. The highest BCUT2D eigenvalue weighted by atomic mass is 16.3. The lowest BCUT2D eigenvalue weighted by Gasteiger charge is -2.11. The van der Waals surface area contributed by atoms with Crippen LogP contribution >= 0.6 is 0 Å². The van der Waals surface area contributed by atoms with E-state index < -0.39 is 0 Å². The third-order valence-corrected chi connectivity index (χ3v) is 2.33. The molecule has 2 aromatic rings. The maximum Gasteiger partial charge on any atom is 0.0941 e. The molecular weight excluding hydrogens is 176 g/mol. The highest BCUT2D eigenvalue weighted by Gasteiger charge is 2.13. The van der Waals surface area contributed by atoms with Crippen LogP contribution in [0.3, 0.4) is 0 Å². The van der Waals surface area contributed by atoms with Crippen molar-refractivity contribution in [2.75, 3.05) is 6.61 Å². The molecule has 0 spiro atoms. The molecule has 1 heterocycles. The first kappa shape index (κ1) is 9.03. The average Bonchev–Trinajstić information content (AvgIpc) is 2.74. The minimum Gasteiger partial charge on any atom is -0.472 e. The van der Waals surface area contributed by atoms with Gasteiger partial charge >= 0.3 is 0 Å².